The molecule has 0 spiro atoms. The molecule has 4 rings (SSSR count). The minimum absolute atomic E-state index is 0.0366. The maximum absolute atomic E-state index is 13.2. The molecule has 0 aliphatic heterocycles. The zero-order valence-electron chi connectivity index (χ0n) is 16.3. The van der Waals surface area contributed by atoms with Crippen molar-refractivity contribution < 1.29 is 14.0 Å². The number of amides is 1. The molecule has 1 amide bonds. The molecule has 2 aromatic carbocycles. The molecule has 2 N–H and O–H groups in total. The number of ketones is 1. The summed E-state index contributed by atoms with van der Waals surface area (Å²) in [6.07, 6.45) is 0. The number of carbonyl (C=O) groups excluding carboxylic acids is 2. The number of benzene rings is 2. The summed E-state index contributed by atoms with van der Waals surface area (Å²) in [7, 11) is 0. The van der Waals surface area contributed by atoms with Crippen molar-refractivity contribution in [3.63, 3.8) is 0 Å². The Morgan fingerprint density at radius 2 is 1.97 bits per heavy atom. The van der Waals surface area contributed by atoms with E-state index in [-0.39, 0.29) is 28.8 Å². The first-order valence-corrected chi connectivity index (χ1v) is 11.1. The van der Waals surface area contributed by atoms with Crippen molar-refractivity contribution in [3.05, 3.63) is 75.6 Å². The number of fused-ring (bicyclic) bond motifs is 1. The molecule has 156 valence electrons. The van der Waals surface area contributed by atoms with Gasteiger partial charge in [0.25, 0.3) is 5.56 Å². The molecule has 0 atom stereocenters. The minimum Gasteiger partial charge on any atom is -0.325 e. The average Bonchev–Trinajstić information content (AvgIpc) is 3.17. The molecule has 9 heteroatoms. The molecule has 0 aliphatic carbocycles. The number of anilines is 1. The zero-order valence-corrected chi connectivity index (χ0v) is 17.9. The van der Waals surface area contributed by atoms with Crippen LogP contribution in [0.15, 0.2) is 63.9 Å². The first-order chi connectivity index (χ1) is 14.9. The maximum atomic E-state index is 13.2. The number of Topliss-reactive ketones (excluding diaryl/α,β-unsaturated/α-hetero) is 1. The van der Waals surface area contributed by atoms with Gasteiger partial charge in [-0.1, -0.05) is 36.0 Å². The van der Waals surface area contributed by atoms with Crippen molar-refractivity contribution >= 4 is 50.7 Å². The molecule has 2 aromatic heterocycles. The Labute approximate surface area is 184 Å². The second-order valence-corrected chi connectivity index (χ2v) is 8.50. The molecule has 2 heterocycles. The number of nitrogens with zero attached hydrogens (tertiary/aromatic N) is 1. The molecule has 0 aliphatic rings. The topological polar surface area (TPSA) is 91.9 Å². The van der Waals surface area contributed by atoms with Crippen LogP contribution in [0, 0.1) is 5.82 Å². The van der Waals surface area contributed by atoms with Gasteiger partial charge in [0.1, 0.15) is 10.6 Å². The molecule has 0 saturated heterocycles. The molecule has 4 aromatic rings. The van der Waals surface area contributed by atoms with Crippen molar-refractivity contribution in [2.24, 2.45) is 0 Å². The maximum Gasteiger partial charge on any atom is 0.260 e. The zero-order chi connectivity index (χ0) is 22.0. The number of nitrogens with one attached hydrogen (secondary N) is 2. The molecule has 31 heavy (non-hydrogen) atoms. The standard InChI is InChI=1S/C22H16FN3O3S2/c1-12(27)14-3-2-4-16(9-14)24-18(28)11-31-22-25-20(29)19-17(10-30-21(19)26-22)13-5-7-15(23)8-6-13/h2-10H,11H2,1H3,(H,24,28)(H,25,26,29). The lowest BCUT2D eigenvalue weighted by molar-refractivity contribution is -0.113. The molecular formula is C22H16FN3O3S2. The second kappa shape index (κ2) is 8.83. The lowest BCUT2D eigenvalue weighted by atomic mass is 10.1. The minimum atomic E-state index is -0.347. The molecule has 0 radical (unpaired) electrons. The predicted molar refractivity (Wildman–Crippen MR) is 121 cm³/mol. The highest BCUT2D eigenvalue weighted by atomic mass is 32.2. The number of halogens is 1. The van der Waals surface area contributed by atoms with Crippen LogP contribution in [0.4, 0.5) is 10.1 Å². The number of thiophene rings is 1. The van der Waals surface area contributed by atoms with E-state index in [1.807, 2.05) is 5.38 Å². The lowest BCUT2D eigenvalue weighted by Crippen LogP contribution is -2.15. The Kier molecular flexibility index (Phi) is 5.97. The highest BCUT2D eigenvalue weighted by molar-refractivity contribution is 7.99. The Morgan fingerprint density at radius 1 is 1.19 bits per heavy atom. The van der Waals surface area contributed by atoms with Crippen LogP contribution < -0.4 is 10.9 Å². The van der Waals surface area contributed by atoms with E-state index >= 15 is 0 Å². The van der Waals surface area contributed by atoms with E-state index in [0.717, 1.165) is 17.3 Å². The average molecular weight is 454 g/mol. The largest absolute Gasteiger partial charge is 0.325 e. The van der Waals surface area contributed by atoms with E-state index in [1.54, 1.807) is 36.4 Å². The molecule has 0 bridgehead atoms. The van der Waals surface area contributed by atoms with Crippen LogP contribution in [-0.4, -0.2) is 27.4 Å². The third-order valence-electron chi connectivity index (χ3n) is 4.47. The first-order valence-electron chi connectivity index (χ1n) is 9.22. The molecule has 6 nitrogen and oxygen atoms in total. The van der Waals surface area contributed by atoms with Gasteiger partial charge in [0.2, 0.25) is 5.91 Å². The quantitative estimate of drug-likeness (QED) is 0.250. The Balaban J connectivity index is 1.49. The number of hydrogen-bond acceptors (Lipinski definition) is 6. The van der Waals surface area contributed by atoms with Crippen molar-refractivity contribution in [1.29, 1.82) is 0 Å². The fourth-order valence-corrected chi connectivity index (χ4v) is 4.65. The number of H-pyrrole nitrogens is 1. The van der Waals surface area contributed by atoms with Gasteiger partial charge in [0, 0.05) is 22.2 Å². The number of rotatable bonds is 6. The van der Waals surface area contributed by atoms with Gasteiger partial charge < -0.3 is 10.3 Å². The van der Waals surface area contributed by atoms with Gasteiger partial charge in [-0.25, -0.2) is 9.37 Å². The number of aromatic amines is 1. The monoisotopic (exact) mass is 453 g/mol. The molecular weight excluding hydrogens is 437 g/mol. The van der Waals surface area contributed by atoms with Crippen molar-refractivity contribution in [2.45, 2.75) is 12.1 Å². The van der Waals surface area contributed by atoms with Gasteiger partial charge in [-0.15, -0.1) is 11.3 Å². The van der Waals surface area contributed by atoms with Gasteiger partial charge in [-0.05, 0) is 36.8 Å². The van der Waals surface area contributed by atoms with E-state index in [9.17, 15) is 18.8 Å². The summed E-state index contributed by atoms with van der Waals surface area (Å²) >= 11 is 2.42. The molecule has 0 fully saturated rings. The Hall–Kier alpha value is -3.30. The normalized spacial score (nSPS) is 10.9. The van der Waals surface area contributed by atoms with E-state index in [0.29, 0.717) is 32.2 Å². The van der Waals surface area contributed by atoms with Crippen LogP contribution in [0.2, 0.25) is 0 Å². The molecule has 0 unspecified atom stereocenters. The number of thioether (sulfide) groups is 1. The third-order valence-corrected chi connectivity index (χ3v) is 6.22. The Morgan fingerprint density at radius 3 is 2.71 bits per heavy atom. The fraction of sp³-hybridized carbons (Fsp3) is 0.0909. The van der Waals surface area contributed by atoms with E-state index in [4.69, 9.17) is 0 Å². The number of aromatic nitrogens is 2. The summed E-state index contributed by atoms with van der Waals surface area (Å²) < 4.78 is 13.2. The van der Waals surface area contributed by atoms with Crippen molar-refractivity contribution in [1.82, 2.24) is 9.97 Å². The van der Waals surface area contributed by atoms with Gasteiger partial charge in [0.15, 0.2) is 10.9 Å². The van der Waals surface area contributed by atoms with E-state index < -0.39 is 0 Å². The summed E-state index contributed by atoms with van der Waals surface area (Å²) in [5.74, 6) is -0.682. The van der Waals surface area contributed by atoms with Gasteiger partial charge >= 0.3 is 0 Å². The van der Waals surface area contributed by atoms with Crippen molar-refractivity contribution in [3.8, 4) is 11.1 Å². The summed E-state index contributed by atoms with van der Waals surface area (Å²) in [6, 6.07) is 12.6. The lowest BCUT2D eigenvalue weighted by Gasteiger charge is -2.06. The van der Waals surface area contributed by atoms with E-state index in [2.05, 4.69) is 15.3 Å². The fourth-order valence-electron chi connectivity index (χ4n) is 2.99. The Bertz CT molecular complexity index is 1350. The molecule has 0 saturated carbocycles. The van der Waals surface area contributed by atoms with Crippen LogP contribution in [0.5, 0.6) is 0 Å². The van der Waals surface area contributed by atoms with Crippen LogP contribution in [0.3, 0.4) is 0 Å². The van der Waals surface area contributed by atoms with Gasteiger partial charge in [0.05, 0.1) is 11.1 Å². The van der Waals surface area contributed by atoms with Gasteiger partial charge in [-0.2, -0.15) is 0 Å². The second-order valence-electron chi connectivity index (χ2n) is 6.68. The van der Waals surface area contributed by atoms with Crippen LogP contribution in [-0.2, 0) is 4.79 Å². The SMILES string of the molecule is CC(=O)c1cccc(NC(=O)CSc2nc3scc(-c4ccc(F)cc4)c3c(=O)[nH]2)c1. The number of carbonyl (C=O) groups is 2. The number of hydrogen-bond donors (Lipinski definition) is 2. The smallest absolute Gasteiger partial charge is 0.260 e. The van der Waals surface area contributed by atoms with E-state index in [1.165, 1.54) is 30.4 Å². The summed E-state index contributed by atoms with van der Waals surface area (Å²) in [6.45, 7) is 1.46. The van der Waals surface area contributed by atoms with Crippen LogP contribution in [0.1, 0.15) is 17.3 Å². The van der Waals surface area contributed by atoms with Gasteiger partial charge in [-0.3, -0.25) is 14.4 Å². The summed E-state index contributed by atoms with van der Waals surface area (Å²) in [5.41, 5.74) is 2.14. The predicted octanol–water partition coefficient (Wildman–Crippen LogP) is 4.72. The highest BCUT2D eigenvalue weighted by Crippen LogP contribution is 2.31. The third kappa shape index (κ3) is 4.73. The highest BCUT2D eigenvalue weighted by Gasteiger charge is 2.14. The summed E-state index contributed by atoms with van der Waals surface area (Å²) in [4.78, 5) is 44.1. The van der Waals surface area contributed by atoms with Crippen LogP contribution >= 0.6 is 23.1 Å². The first kappa shape index (κ1) is 21.0. The van der Waals surface area contributed by atoms with Crippen molar-refractivity contribution in [2.75, 3.05) is 11.1 Å². The summed E-state index contributed by atoms with van der Waals surface area (Å²) in [5, 5.41) is 5.31. The van der Waals surface area contributed by atoms with Crippen LogP contribution in [0.25, 0.3) is 21.3 Å².